The van der Waals surface area contributed by atoms with Crippen LogP contribution in [0.5, 0.6) is 11.5 Å². The van der Waals surface area contributed by atoms with Crippen LogP contribution in [0.3, 0.4) is 0 Å². The lowest BCUT2D eigenvalue weighted by Crippen LogP contribution is -2.15. The van der Waals surface area contributed by atoms with E-state index in [0.29, 0.717) is 0 Å². The highest BCUT2D eigenvalue weighted by Crippen LogP contribution is 2.29. The largest absolute Gasteiger partial charge is 0.493 e. The Morgan fingerprint density at radius 2 is 1.94 bits per heavy atom. The molecule has 4 heteroatoms. The maximum atomic E-state index is 5.71. The number of hydrogen-bond donors (Lipinski definition) is 1. The highest BCUT2D eigenvalue weighted by Gasteiger charge is 2.04. The van der Waals surface area contributed by atoms with E-state index in [-0.39, 0.29) is 6.04 Å². The zero-order valence-electron chi connectivity index (χ0n) is 10.7. The number of ether oxygens (including phenoxy) is 2. The maximum Gasteiger partial charge on any atom is 0.161 e. The van der Waals surface area contributed by atoms with Gasteiger partial charge in [-0.15, -0.1) is 0 Å². The van der Waals surface area contributed by atoms with Crippen LogP contribution >= 0.6 is 11.8 Å². The van der Waals surface area contributed by atoms with Crippen LogP contribution in [0.4, 0.5) is 0 Å². The molecule has 0 saturated heterocycles. The summed E-state index contributed by atoms with van der Waals surface area (Å²) in [5.74, 6) is 3.63. The lowest BCUT2D eigenvalue weighted by molar-refractivity contribution is 0.354. The molecule has 17 heavy (non-hydrogen) atoms. The highest BCUT2D eigenvalue weighted by molar-refractivity contribution is 7.98. The predicted octanol–water partition coefficient (Wildman–Crippen LogP) is 2.67. The summed E-state index contributed by atoms with van der Waals surface area (Å²) in [7, 11) is 3.31. The van der Waals surface area contributed by atoms with Gasteiger partial charge in [-0.3, -0.25) is 0 Å². The lowest BCUT2D eigenvalue weighted by atomic mass is 10.2. The van der Waals surface area contributed by atoms with Gasteiger partial charge in [0.15, 0.2) is 11.5 Å². The van der Waals surface area contributed by atoms with Crippen LogP contribution in [-0.2, 0) is 5.75 Å². The van der Waals surface area contributed by atoms with Crippen molar-refractivity contribution in [2.75, 3.05) is 20.0 Å². The third kappa shape index (κ3) is 4.88. The van der Waals surface area contributed by atoms with Crippen molar-refractivity contribution in [1.29, 1.82) is 0 Å². The molecular weight excluding hydrogens is 234 g/mol. The van der Waals surface area contributed by atoms with Crippen LogP contribution in [-0.4, -0.2) is 26.0 Å². The normalized spacial score (nSPS) is 12.2. The molecule has 0 aliphatic carbocycles. The molecule has 0 saturated carbocycles. The molecule has 1 atom stereocenters. The Morgan fingerprint density at radius 1 is 1.24 bits per heavy atom. The van der Waals surface area contributed by atoms with E-state index in [9.17, 15) is 0 Å². The summed E-state index contributed by atoms with van der Waals surface area (Å²) >= 11 is 1.89. The van der Waals surface area contributed by atoms with Gasteiger partial charge in [-0.25, -0.2) is 0 Å². The number of benzene rings is 1. The minimum atomic E-state index is 0.285. The van der Waals surface area contributed by atoms with Gasteiger partial charge >= 0.3 is 0 Å². The van der Waals surface area contributed by atoms with Crippen molar-refractivity contribution in [2.45, 2.75) is 25.1 Å². The highest BCUT2D eigenvalue weighted by atomic mass is 32.2. The Balaban J connectivity index is 2.48. The van der Waals surface area contributed by atoms with E-state index in [1.807, 2.05) is 30.8 Å². The summed E-state index contributed by atoms with van der Waals surface area (Å²) in [6.45, 7) is 2.04. The van der Waals surface area contributed by atoms with Crippen LogP contribution in [0.15, 0.2) is 18.2 Å². The third-order valence-corrected chi connectivity index (χ3v) is 3.50. The Hall–Kier alpha value is -0.870. The van der Waals surface area contributed by atoms with Crippen LogP contribution in [0.25, 0.3) is 0 Å². The molecule has 0 bridgehead atoms. The van der Waals surface area contributed by atoms with Crippen molar-refractivity contribution >= 4 is 11.8 Å². The molecule has 0 radical (unpaired) electrons. The van der Waals surface area contributed by atoms with Crippen LogP contribution in [0.1, 0.15) is 18.9 Å². The van der Waals surface area contributed by atoms with Gasteiger partial charge in [0.25, 0.3) is 0 Å². The molecule has 3 nitrogen and oxygen atoms in total. The lowest BCUT2D eigenvalue weighted by Gasteiger charge is -2.09. The quantitative estimate of drug-likeness (QED) is 0.761. The standard InChI is InChI=1S/C13H21NO2S/c1-10(14)6-7-17-9-11-4-5-12(15-2)13(8-11)16-3/h4-5,8,10H,6-7,9,14H2,1-3H3. The van der Waals surface area contributed by atoms with Gasteiger partial charge in [-0.2, -0.15) is 11.8 Å². The minimum Gasteiger partial charge on any atom is -0.493 e. The molecule has 0 heterocycles. The Labute approximate surface area is 108 Å². The number of thioether (sulfide) groups is 1. The topological polar surface area (TPSA) is 44.5 Å². The molecule has 96 valence electrons. The fraction of sp³-hybridized carbons (Fsp3) is 0.538. The van der Waals surface area contributed by atoms with E-state index >= 15 is 0 Å². The van der Waals surface area contributed by atoms with Crippen molar-refractivity contribution in [3.05, 3.63) is 23.8 Å². The molecule has 0 aliphatic heterocycles. The number of rotatable bonds is 7. The predicted molar refractivity (Wildman–Crippen MR) is 74.0 cm³/mol. The van der Waals surface area contributed by atoms with Gasteiger partial charge in [-0.05, 0) is 36.8 Å². The molecule has 1 aromatic carbocycles. The Morgan fingerprint density at radius 3 is 2.53 bits per heavy atom. The minimum absolute atomic E-state index is 0.285. The van der Waals surface area contributed by atoms with Crippen LogP contribution in [0.2, 0.25) is 0 Å². The summed E-state index contributed by atoms with van der Waals surface area (Å²) in [5.41, 5.74) is 6.95. The van der Waals surface area contributed by atoms with Crippen molar-refractivity contribution in [2.24, 2.45) is 5.73 Å². The van der Waals surface area contributed by atoms with Crippen molar-refractivity contribution in [1.82, 2.24) is 0 Å². The van der Waals surface area contributed by atoms with E-state index < -0.39 is 0 Å². The molecule has 1 rings (SSSR count). The third-order valence-electron chi connectivity index (χ3n) is 2.43. The van der Waals surface area contributed by atoms with Crippen LogP contribution in [0, 0.1) is 0 Å². The van der Waals surface area contributed by atoms with Crippen molar-refractivity contribution in [3.63, 3.8) is 0 Å². The van der Waals surface area contributed by atoms with Crippen LogP contribution < -0.4 is 15.2 Å². The molecule has 1 aromatic rings. The van der Waals surface area contributed by atoms with Crippen molar-refractivity contribution < 1.29 is 9.47 Å². The molecule has 0 amide bonds. The summed E-state index contributed by atoms with van der Waals surface area (Å²) in [5, 5.41) is 0. The maximum absolute atomic E-state index is 5.71. The first-order chi connectivity index (χ1) is 8.17. The van der Waals surface area contributed by atoms with Crippen molar-refractivity contribution in [3.8, 4) is 11.5 Å². The van der Waals surface area contributed by atoms with E-state index in [1.54, 1.807) is 14.2 Å². The SMILES string of the molecule is COc1ccc(CSCCC(C)N)cc1OC. The fourth-order valence-electron chi connectivity index (χ4n) is 1.43. The first-order valence-electron chi connectivity index (χ1n) is 5.71. The summed E-state index contributed by atoms with van der Waals surface area (Å²) in [6, 6.07) is 6.32. The molecule has 0 fully saturated rings. The fourth-order valence-corrected chi connectivity index (χ4v) is 2.53. The van der Waals surface area contributed by atoms with Gasteiger partial charge in [0.2, 0.25) is 0 Å². The van der Waals surface area contributed by atoms with Gasteiger partial charge in [-0.1, -0.05) is 6.07 Å². The molecule has 1 unspecified atom stereocenters. The first-order valence-corrected chi connectivity index (χ1v) is 6.87. The number of methoxy groups -OCH3 is 2. The average molecular weight is 255 g/mol. The second-order valence-corrected chi connectivity index (χ2v) is 5.11. The van der Waals surface area contributed by atoms with Gasteiger partial charge in [0.05, 0.1) is 14.2 Å². The molecular formula is C13H21NO2S. The molecule has 0 aliphatic rings. The second-order valence-electron chi connectivity index (χ2n) is 4.01. The first kappa shape index (κ1) is 14.2. The zero-order chi connectivity index (χ0) is 12.7. The van der Waals surface area contributed by atoms with E-state index in [1.165, 1.54) is 5.56 Å². The molecule has 0 spiro atoms. The number of hydrogen-bond acceptors (Lipinski definition) is 4. The Bertz CT molecular complexity index is 342. The van der Waals surface area contributed by atoms with Gasteiger partial charge in [0, 0.05) is 11.8 Å². The molecule has 2 N–H and O–H groups in total. The summed E-state index contributed by atoms with van der Waals surface area (Å²) < 4.78 is 10.5. The average Bonchev–Trinajstić information content (AvgIpc) is 2.34. The smallest absolute Gasteiger partial charge is 0.161 e. The van der Waals surface area contributed by atoms with E-state index in [0.717, 1.165) is 29.4 Å². The van der Waals surface area contributed by atoms with Gasteiger partial charge < -0.3 is 15.2 Å². The monoisotopic (exact) mass is 255 g/mol. The summed E-state index contributed by atoms with van der Waals surface area (Å²) in [4.78, 5) is 0. The Kier molecular flexibility index (Phi) is 6.22. The van der Waals surface area contributed by atoms with E-state index in [2.05, 4.69) is 6.07 Å². The molecule has 0 aromatic heterocycles. The van der Waals surface area contributed by atoms with Gasteiger partial charge in [0.1, 0.15) is 0 Å². The summed E-state index contributed by atoms with van der Waals surface area (Å²) in [6.07, 6.45) is 1.05. The van der Waals surface area contributed by atoms with E-state index in [4.69, 9.17) is 15.2 Å². The second kappa shape index (κ2) is 7.45. The number of nitrogens with two attached hydrogens (primary N) is 1. The zero-order valence-corrected chi connectivity index (χ0v) is 11.5.